The highest BCUT2D eigenvalue weighted by atomic mass is 19.1. The number of hydrogen-bond donors (Lipinski definition) is 0. The van der Waals surface area contributed by atoms with Crippen LogP contribution in [-0.4, -0.2) is 87.2 Å². The van der Waals surface area contributed by atoms with Crippen LogP contribution in [0.3, 0.4) is 0 Å². The largest absolute Gasteiger partial charge is 0.461 e. The van der Waals surface area contributed by atoms with Crippen molar-refractivity contribution < 1.29 is 27.1 Å². The molecule has 0 N–H and O–H groups in total. The Bertz CT molecular complexity index is 1890. The summed E-state index contributed by atoms with van der Waals surface area (Å²) in [4.78, 5) is 32.2. The molecule has 0 saturated carbocycles. The molecule has 2 aromatic heterocycles. The average Bonchev–Trinajstić information content (AvgIpc) is 3.65. The molecular weight excluding hydrogens is 600 g/mol. The zero-order chi connectivity index (χ0) is 31.7. The molecule has 2 unspecified atom stereocenters. The lowest BCUT2D eigenvalue weighted by Gasteiger charge is -2.41. The maximum atomic E-state index is 16.0. The first-order chi connectivity index (χ1) is 22.2. The number of carbonyl (C=O) groups excluding carboxylic acids is 1. The molecule has 46 heavy (non-hydrogen) atoms. The van der Waals surface area contributed by atoms with Crippen LogP contribution in [0.15, 0.2) is 54.9 Å². The summed E-state index contributed by atoms with van der Waals surface area (Å²) < 4.78 is 65.7. The van der Waals surface area contributed by atoms with Gasteiger partial charge in [0.2, 0.25) is 0 Å². The Kier molecular flexibility index (Phi) is 6.89. The maximum Gasteiger partial charge on any atom is 0.320 e. The number of hydrogen-bond acceptors (Lipinski definition) is 7. The van der Waals surface area contributed by atoms with E-state index >= 15 is 8.78 Å². The van der Waals surface area contributed by atoms with Gasteiger partial charge in [-0.25, -0.2) is 22.5 Å². The molecule has 4 atom stereocenters. The topological polar surface area (TPSA) is 74.7 Å². The molecule has 6 heterocycles. The third-order valence-corrected chi connectivity index (χ3v) is 10.2. The molecule has 12 heteroatoms. The number of alkyl halides is 1. The Hall–Kier alpha value is -4.32. The minimum atomic E-state index is -1.00. The molecule has 4 aliphatic heterocycles. The summed E-state index contributed by atoms with van der Waals surface area (Å²) in [7, 11) is 0. The van der Waals surface area contributed by atoms with Crippen LogP contribution in [0.4, 0.5) is 23.4 Å². The Morgan fingerprint density at radius 3 is 2.54 bits per heavy atom. The fraction of sp³-hybridized carbons (Fsp3) is 0.412. The van der Waals surface area contributed by atoms with Gasteiger partial charge in [0, 0.05) is 37.0 Å². The Labute approximate surface area is 262 Å². The van der Waals surface area contributed by atoms with Gasteiger partial charge < -0.3 is 14.5 Å². The molecule has 4 aliphatic rings. The first-order valence-electron chi connectivity index (χ1n) is 15.7. The number of rotatable bonds is 6. The zero-order valence-electron chi connectivity index (χ0n) is 25.1. The number of benzene rings is 2. The lowest BCUT2D eigenvalue weighted by molar-refractivity contribution is -0.131. The standard InChI is InChI=1S/C34H32F4N6O2/c1-19(35)32(45)44-22-9-10-23(44)17-42(16-22)31-25-13-27(38)29(24-7-2-5-20-6-3-8-26(37)28(20)24)39-30(25)40-33(41-31)46-18-34-11-4-12-43(34)15-21(36)14-34/h2-3,5-8,13,21-23H,1,4,9-12,14-18H2/t21-,22?,23?,34+/m1/s1. The van der Waals surface area contributed by atoms with Crippen molar-refractivity contribution in [2.45, 2.75) is 55.9 Å². The molecular formula is C34H32F4N6O2. The minimum Gasteiger partial charge on any atom is -0.461 e. The number of anilines is 1. The van der Waals surface area contributed by atoms with Gasteiger partial charge in [0.05, 0.1) is 23.0 Å². The highest BCUT2D eigenvalue weighted by Crippen LogP contribution is 2.41. The van der Waals surface area contributed by atoms with Crippen molar-refractivity contribution in [1.29, 1.82) is 0 Å². The highest BCUT2D eigenvalue weighted by Gasteiger charge is 2.49. The third kappa shape index (κ3) is 4.68. The van der Waals surface area contributed by atoms with Gasteiger partial charge in [0.15, 0.2) is 11.5 Å². The van der Waals surface area contributed by atoms with E-state index in [0.29, 0.717) is 55.5 Å². The predicted molar refractivity (Wildman–Crippen MR) is 165 cm³/mol. The second kappa shape index (κ2) is 10.9. The van der Waals surface area contributed by atoms with E-state index in [9.17, 15) is 13.6 Å². The first kappa shape index (κ1) is 29.1. The van der Waals surface area contributed by atoms with Crippen LogP contribution < -0.4 is 9.64 Å². The maximum absolute atomic E-state index is 16.0. The number of amides is 1. The van der Waals surface area contributed by atoms with Crippen LogP contribution in [0.5, 0.6) is 6.01 Å². The van der Waals surface area contributed by atoms with Crippen LogP contribution >= 0.6 is 0 Å². The Balaban J connectivity index is 1.22. The van der Waals surface area contributed by atoms with Gasteiger partial charge >= 0.3 is 6.01 Å². The number of ether oxygens (including phenoxy) is 1. The number of aromatic nitrogens is 3. The first-order valence-corrected chi connectivity index (χ1v) is 15.7. The van der Waals surface area contributed by atoms with Crippen molar-refractivity contribution in [2.24, 2.45) is 0 Å². The predicted octanol–water partition coefficient (Wildman–Crippen LogP) is 5.74. The monoisotopic (exact) mass is 632 g/mol. The van der Waals surface area contributed by atoms with E-state index in [4.69, 9.17) is 9.72 Å². The molecule has 2 aromatic carbocycles. The van der Waals surface area contributed by atoms with E-state index in [-0.39, 0.29) is 47.0 Å². The molecule has 4 aromatic rings. The summed E-state index contributed by atoms with van der Waals surface area (Å²) in [5, 5.41) is 1.18. The smallest absolute Gasteiger partial charge is 0.320 e. The molecule has 8 rings (SSSR count). The Morgan fingerprint density at radius 1 is 1.02 bits per heavy atom. The summed E-state index contributed by atoms with van der Waals surface area (Å²) in [6, 6.07) is 10.5. The molecule has 0 aliphatic carbocycles. The lowest BCUT2D eigenvalue weighted by atomic mass is 9.95. The molecule has 1 amide bonds. The summed E-state index contributed by atoms with van der Waals surface area (Å²) in [5.74, 6) is -2.51. The van der Waals surface area contributed by atoms with E-state index < -0.39 is 35.1 Å². The third-order valence-electron chi connectivity index (χ3n) is 10.2. The van der Waals surface area contributed by atoms with E-state index in [2.05, 4.69) is 21.4 Å². The molecule has 4 fully saturated rings. The van der Waals surface area contributed by atoms with Crippen molar-refractivity contribution >= 4 is 33.5 Å². The van der Waals surface area contributed by atoms with E-state index in [0.717, 1.165) is 19.4 Å². The van der Waals surface area contributed by atoms with Gasteiger partial charge in [-0.15, -0.1) is 0 Å². The molecule has 0 radical (unpaired) electrons. The average molecular weight is 633 g/mol. The van der Waals surface area contributed by atoms with Gasteiger partial charge in [0.25, 0.3) is 5.91 Å². The molecule has 0 spiro atoms. The second-order valence-corrected chi connectivity index (χ2v) is 12.9. The van der Waals surface area contributed by atoms with Crippen LogP contribution in [0.25, 0.3) is 33.1 Å². The van der Waals surface area contributed by atoms with Gasteiger partial charge in [0.1, 0.15) is 35.9 Å². The van der Waals surface area contributed by atoms with Crippen molar-refractivity contribution in [3.05, 3.63) is 66.5 Å². The molecule has 2 bridgehead atoms. The zero-order valence-corrected chi connectivity index (χ0v) is 25.1. The summed E-state index contributed by atoms with van der Waals surface area (Å²) in [6.45, 7) is 5.22. The normalized spacial score (nSPS) is 25.9. The number of piperazine rings is 1. The minimum absolute atomic E-state index is 0.0168. The van der Waals surface area contributed by atoms with Crippen molar-refractivity contribution in [3.8, 4) is 17.3 Å². The summed E-state index contributed by atoms with van der Waals surface area (Å²) in [6.07, 6.45) is 2.54. The van der Waals surface area contributed by atoms with Crippen LogP contribution in [0.1, 0.15) is 32.1 Å². The number of fused-ring (bicyclic) bond motifs is 5. The van der Waals surface area contributed by atoms with Crippen LogP contribution in [0, 0.1) is 11.6 Å². The van der Waals surface area contributed by atoms with Crippen molar-refractivity contribution in [1.82, 2.24) is 24.8 Å². The van der Waals surface area contributed by atoms with E-state index in [1.54, 1.807) is 35.2 Å². The number of pyridine rings is 1. The SMILES string of the molecule is C=C(F)C(=O)N1C2CCC1CN(c1nc(OC[C@@]34CCCN3C[C@H](F)C4)nc3nc(-c4cccc5cccc(F)c45)c(F)cc13)C2. The van der Waals surface area contributed by atoms with Crippen LogP contribution in [-0.2, 0) is 4.79 Å². The van der Waals surface area contributed by atoms with E-state index in [1.807, 2.05) is 4.90 Å². The van der Waals surface area contributed by atoms with Crippen LogP contribution in [0.2, 0.25) is 0 Å². The van der Waals surface area contributed by atoms with Gasteiger partial charge in [-0.2, -0.15) is 9.97 Å². The van der Waals surface area contributed by atoms with E-state index in [1.165, 1.54) is 12.1 Å². The summed E-state index contributed by atoms with van der Waals surface area (Å²) in [5.41, 5.74) is -0.0649. The highest BCUT2D eigenvalue weighted by molar-refractivity contribution is 5.98. The fourth-order valence-electron chi connectivity index (χ4n) is 8.18. The fourth-order valence-corrected chi connectivity index (χ4v) is 8.18. The number of halogens is 4. The lowest BCUT2D eigenvalue weighted by Crippen LogP contribution is -2.56. The van der Waals surface area contributed by atoms with Gasteiger partial charge in [-0.05, 0) is 49.7 Å². The quantitative estimate of drug-likeness (QED) is 0.198. The summed E-state index contributed by atoms with van der Waals surface area (Å²) >= 11 is 0. The number of carbonyl (C=O) groups is 1. The molecule has 238 valence electrons. The molecule has 8 nitrogen and oxygen atoms in total. The van der Waals surface area contributed by atoms with Gasteiger partial charge in [-0.1, -0.05) is 36.9 Å². The van der Waals surface area contributed by atoms with Crippen molar-refractivity contribution in [2.75, 3.05) is 37.7 Å². The number of nitrogens with zero attached hydrogens (tertiary/aromatic N) is 6. The Morgan fingerprint density at radius 2 is 1.78 bits per heavy atom. The van der Waals surface area contributed by atoms with Crippen molar-refractivity contribution in [3.63, 3.8) is 0 Å². The van der Waals surface area contributed by atoms with Gasteiger partial charge in [-0.3, -0.25) is 9.69 Å². The second-order valence-electron chi connectivity index (χ2n) is 12.9. The molecule has 4 saturated heterocycles.